The maximum absolute atomic E-state index is 15.5. The van der Waals surface area contributed by atoms with Gasteiger partial charge in [-0.2, -0.15) is 0 Å². The second-order valence-electron chi connectivity index (χ2n) is 8.35. The first-order valence-electron chi connectivity index (χ1n) is 11.0. The molecule has 1 fully saturated rings. The Bertz CT molecular complexity index is 1120. The number of nitrogens with one attached hydrogen (secondary N) is 2. The zero-order valence-corrected chi connectivity index (χ0v) is 19.6. The van der Waals surface area contributed by atoms with E-state index in [0.717, 1.165) is 18.4 Å². The number of amides is 2. The number of nitrogens with zero attached hydrogens (tertiary/aromatic N) is 2. The molecule has 2 aromatic rings. The van der Waals surface area contributed by atoms with Crippen molar-refractivity contribution >= 4 is 29.4 Å². The highest BCUT2D eigenvalue weighted by molar-refractivity contribution is 6.33. The van der Waals surface area contributed by atoms with E-state index in [0.29, 0.717) is 24.3 Å². The van der Waals surface area contributed by atoms with Gasteiger partial charge >= 0.3 is 6.09 Å². The Morgan fingerprint density at radius 2 is 2.00 bits per heavy atom. The van der Waals surface area contributed by atoms with Crippen molar-refractivity contribution in [2.75, 3.05) is 19.5 Å². The molecule has 11 heteroatoms. The number of carbonyl (C=O) groups excluding carboxylic acids is 1. The molecule has 182 valence electrons. The number of carbonyl (C=O) groups is 2. The molecule has 2 atom stereocenters. The molecule has 2 amide bonds. The van der Waals surface area contributed by atoms with E-state index in [9.17, 15) is 9.59 Å². The molecule has 0 radical (unpaired) electrons. The molecule has 4 rings (SSSR count). The van der Waals surface area contributed by atoms with Crippen LogP contribution in [0, 0.1) is 5.82 Å². The monoisotopic (exact) mass is 492 g/mol. The van der Waals surface area contributed by atoms with Crippen molar-refractivity contribution in [2.24, 2.45) is 0 Å². The minimum Gasteiger partial charge on any atom is -0.497 e. The first-order valence-corrected chi connectivity index (χ1v) is 11.3. The molecule has 2 heterocycles. The number of fused-ring (bicyclic) bond motifs is 1. The van der Waals surface area contributed by atoms with Gasteiger partial charge in [-0.25, -0.2) is 14.2 Å². The molecule has 34 heavy (non-hydrogen) atoms. The molecule has 9 nitrogen and oxygen atoms in total. The summed E-state index contributed by atoms with van der Waals surface area (Å²) in [6.45, 7) is 0.208. The topological polar surface area (TPSA) is 113 Å². The van der Waals surface area contributed by atoms with Gasteiger partial charge in [-0.1, -0.05) is 24.4 Å². The number of ether oxygens (including phenoxy) is 2. The third-order valence-electron chi connectivity index (χ3n) is 6.29. The summed E-state index contributed by atoms with van der Waals surface area (Å²) in [7, 11) is 3.07. The normalized spacial score (nSPS) is 19.5. The van der Waals surface area contributed by atoms with Crippen LogP contribution in [0.1, 0.15) is 47.2 Å². The van der Waals surface area contributed by atoms with Crippen LogP contribution in [0.15, 0.2) is 18.2 Å². The van der Waals surface area contributed by atoms with Gasteiger partial charge in [0.1, 0.15) is 16.7 Å². The van der Waals surface area contributed by atoms with Gasteiger partial charge in [0.25, 0.3) is 5.91 Å². The molecule has 0 unspecified atom stereocenters. The standard InChI is InChI=1S/C23H26ClFN4O5/c1-33-13-8-7-12(17(9-13)34-2)10-29-11-14-18(22(29)30)20(24)28-21(19(14)25)26-15-5-3-4-6-16(15)27-23(31)32/h7-9,15-16,27H,3-6,10-11H2,1-2H3,(H,26,28)(H,31,32)/t15-,16+/m0/s1. The van der Waals surface area contributed by atoms with Crippen molar-refractivity contribution in [1.82, 2.24) is 15.2 Å². The van der Waals surface area contributed by atoms with E-state index in [2.05, 4.69) is 15.6 Å². The van der Waals surface area contributed by atoms with Crippen LogP contribution in [0.2, 0.25) is 5.15 Å². The number of methoxy groups -OCH3 is 2. The van der Waals surface area contributed by atoms with E-state index < -0.39 is 17.8 Å². The zero-order valence-electron chi connectivity index (χ0n) is 18.9. The second-order valence-corrected chi connectivity index (χ2v) is 8.71. The minimum atomic E-state index is -1.13. The molecule has 0 bridgehead atoms. The molecule has 1 saturated carbocycles. The summed E-state index contributed by atoms with van der Waals surface area (Å²) in [5.41, 5.74) is 0.941. The summed E-state index contributed by atoms with van der Waals surface area (Å²) in [5, 5.41) is 14.5. The number of aromatic nitrogens is 1. The SMILES string of the molecule is COc1ccc(CN2Cc3c(F)c(N[C@H]4CCCC[C@H]4NC(=O)O)nc(Cl)c3C2=O)c(OC)c1. The van der Waals surface area contributed by atoms with Gasteiger partial charge in [0.05, 0.1) is 32.4 Å². The maximum atomic E-state index is 15.5. The Morgan fingerprint density at radius 3 is 2.68 bits per heavy atom. The van der Waals surface area contributed by atoms with Gasteiger partial charge in [0.15, 0.2) is 11.6 Å². The van der Waals surface area contributed by atoms with Crippen LogP contribution in [0.4, 0.5) is 15.0 Å². The highest BCUT2D eigenvalue weighted by Gasteiger charge is 2.36. The first kappa shape index (κ1) is 23.9. The van der Waals surface area contributed by atoms with Gasteiger partial charge < -0.3 is 30.1 Å². The molecule has 1 aromatic carbocycles. The average Bonchev–Trinajstić information content (AvgIpc) is 3.15. The quantitative estimate of drug-likeness (QED) is 0.500. The molecular formula is C23H26ClFN4O5. The van der Waals surface area contributed by atoms with Gasteiger partial charge in [-0.15, -0.1) is 0 Å². The fraction of sp³-hybridized carbons (Fsp3) is 0.435. The van der Waals surface area contributed by atoms with Crippen molar-refractivity contribution < 1.29 is 28.6 Å². The number of hydrogen-bond acceptors (Lipinski definition) is 6. The Morgan fingerprint density at radius 1 is 1.26 bits per heavy atom. The minimum absolute atomic E-state index is 0.0214. The zero-order chi connectivity index (χ0) is 24.4. The third kappa shape index (κ3) is 4.68. The van der Waals surface area contributed by atoms with Gasteiger partial charge in [0, 0.05) is 29.8 Å². The summed E-state index contributed by atoms with van der Waals surface area (Å²) in [4.78, 5) is 29.8. The Hall–Kier alpha value is -3.27. The van der Waals surface area contributed by atoms with Crippen molar-refractivity contribution in [3.8, 4) is 11.5 Å². The maximum Gasteiger partial charge on any atom is 0.404 e. The molecule has 0 saturated heterocycles. The van der Waals surface area contributed by atoms with Crippen LogP contribution >= 0.6 is 11.6 Å². The highest BCUT2D eigenvalue weighted by Crippen LogP contribution is 2.36. The molecule has 3 N–H and O–H groups in total. The molecule has 2 aliphatic rings. The van der Waals surface area contributed by atoms with E-state index in [1.807, 2.05) is 0 Å². The Labute approximate surface area is 201 Å². The van der Waals surface area contributed by atoms with Crippen molar-refractivity contribution in [1.29, 1.82) is 0 Å². The third-order valence-corrected chi connectivity index (χ3v) is 6.57. The number of anilines is 1. The van der Waals surface area contributed by atoms with E-state index in [1.165, 1.54) is 12.0 Å². The molecule has 1 aliphatic carbocycles. The van der Waals surface area contributed by atoms with Crippen LogP contribution in [0.25, 0.3) is 0 Å². The highest BCUT2D eigenvalue weighted by atomic mass is 35.5. The summed E-state index contributed by atoms with van der Waals surface area (Å²) in [6.07, 6.45) is 1.92. The second kappa shape index (κ2) is 9.92. The predicted molar refractivity (Wildman–Crippen MR) is 123 cm³/mol. The molecule has 1 aliphatic heterocycles. The largest absolute Gasteiger partial charge is 0.497 e. The van der Waals surface area contributed by atoms with Crippen molar-refractivity contribution in [2.45, 2.75) is 50.9 Å². The Balaban J connectivity index is 1.57. The fourth-order valence-corrected chi connectivity index (χ4v) is 4.87. The smallest absolute Gasteiger partial charge is 0.404 e. The van der Waals surface area contributed by atoms with E-state index in [1.54, 1.807) is 25.3 Å². The molecule has 0 spiro atoms. The Kier molecular flexibility index (Phi) is 6.97. The number of rotatable bonds is 7. The molecule has 1 aromatic heterocycles. The number of pyridine rings is 1. The first-order chi connectivity index (χ1) is 16.3. The van der Waals surface area contributed by atoms with E-state index >= 15 is 4.39 Å². The lowest BCUT2D eigenvalue weighted by Crippen LogP contribution is -2.48. The number of carboxylic acid groups (broad SMARTS) is 1. The van der Waals surface area contributed by atoms with E-state index in [-0.39, 0.29) is 47.3 Å². The van der Waals surface area contributed by atoms with Gasteiger partial charge in [0.2, 0.25) is 0 Å². The van der Waals surface area contributed by atoms with Crippen molar-refractivity contribution in [3.63, 3.8) is 0 Å². The average molecular weight is 493 g/mol. The fourth-order valence-electron chi connectivity index (χ4n) is 4.59. The van der Waals surface area contributed by atoms with Crippen LogP contribution in [0.3, 0.4) is 0 Å². The number of halogens is 2. The summed E-state index contributed by atoms with van der Waals surface area (Å²) >= 11 is 6.33. The lowest BCUT2D eigenvalue weighted by atomic mass is 9.90. The number of benzene rings is 1. The number of hydrogen-bond donors (Lipinski definition) is 3. The van der Waals surface area contributed by atoms with Gasteiger partial charge in [-0.05, 0) is 25.0 Å². The lowest BCUT2D eigenvalue weighted by Gasteiger charge is -2.32. The summed E-state index contributed by atoms with van der Waals surface area (Å²) < 4.78 is 26.1. The van der Waals surface area contributed by atoms with Crippen LogP contribution in [-0.4, -0.2) is 53.3 Å². The van der Waals surface area contributed by atoms with Crippen molar-refractivity contribution in [3.05, 3.63) is 45.9 Å². The molecular weight excluding hydrogens is 467 g/mol. The summed E-state index contributed by atoms with van der Waals surface area (Å²) in [5.74, 6) is 0.00786. The van der Waals surface area contributed by atoms with Crippen LogP contribution < -0.4 is 20.1 Å². The predicted octanol–water partition coefficient (Wildman–Crippen LogP) is 4.04. The van der Waals surface area contributed by atoms with Crippen LogP contribution in [0.5, 0.6) is 11.5 Å². The van der Waals surface area contributed by atoms with Gasteiger partial charge in [-0.3, -0.25) is 4.79 Å². The van der Waals surface area contributed by atoms with Crippen LogP contribution in [-0.2, 0) is 13.1 Å². The summed E-state index contributed by atoms with van der Waals surface area (Å²) in [6, 6.07) is 4.55. The van der Waals surface area contributed by atoms with E-state index in [4.69, 9.17) is 26.2 Å². The lowest BCUT2D eigenvalue weighted by molar-refractivity contribution is 0.0765.